The van der Waals surface area contributed by atoms with Crippen LogP contribution in [-0.4, -0.2) is 34.8 Å². The number of carbonyl (C=O) groups excluding carboxylic acids is 1. The molecule has 2 N–H and O–H groups in total. The summed E-state index contributed by atoms with van der Waals surface area (Å²) in [4.78, 5) is 16.2. The molecule has 0 saturated heterocycles. The van der Waals surface area contributed by atoms with Crippen LogP contribution in [0.25, 0.3) is 0 Å². The summed E-state index contributed by atoms with van der Waals surface area (Å²) in [6.07, 6.45) is -0.181. The van der Waals surface area contributed by atoms with Crippen LogP contribution >= 0.6 is 0 Å². The number of carbonyl (C=O) groups is 1. The van der Waals surface area contributed by atoms with Crippen LogP contribution in [0.15, 0.2) is 28.8 Å². The average molecular weight is 347 g/mol. The molecule has 2 rings (SSSR count). The minimum absolute atomic E-state index is 0.141. The van der Waals surface area contributed by atoms with Crippen molar-refractivity contribution in [1.29, 1.82) is 0 Å². The Morgan fingerprint density at radius 3 is 2.56 bits per heavy atom. The van der Waals surface area contributed by atoms with E-state index >= 15 is 0 Å². The summed E-state index contributed by atoms with van der Waals surface area (Å²) >= 11 is 0. The van der Waals surface area contributed by atoms with E-state index in [2.05, 4.69) is 15.5 Å². The molecular weight excluding hydrogens is 322 g/mol. The monoisotopic (exact) mass is 347 g/mol. The summed E-state index contributed by atoms with van der Waals surface area (Å²) in [5, 5.41) is 16.7. The first-order valence-corrected chi connectivity index (χ1v) is 8.21. The van der Waals surface area contributed by atoms with Gasteiger partial charge in [0.05, 0.1) is 13.2 Å². The van der Waals surface area contributed by atoms with Crippen molar-refractivity contribution in [3.05, 3.63) is 41.5 Å². The van der Waals surface area contributed by atoms with Gasteiger partial charge in [0.2, 0.25) is 11.8 Å². The fourth-order valence-electron chi connectivity index (χ4n) is 2.12. The van der Waals surface area contributed by atoms with Gasteiger partial charge in [-0.05, 0) is 17.7 Å². The molecular formula is C18H25N3O4. The summed E-state index contributed by atoms with van der Waals surface area (Å²) in [6.45, 7) is 6.13. The number of aliphatic hydroxyl groups is 1. The molecule has 0 spiro atoms. The van der Waals surface area contributed by atoms with Gasteiger partial charge in [0.25, 0.3) is 0 Å². The van der Waals surface area contributed by atoms with Crippen LogP contribution < -0.4 is 10.1 Å². The third-order valence-electron chi connectivity index (χ3n) is 3.70. The fraction of sp³-hybridized carbons (Fsp3) is 0.500. The van der Waals surface area contributed by atoms with Crippen LogP contribution in [-0.2, 0) is 16.6 Å². The third-order valence-corrected chi connectivity index (χ3v) is 3.70. The molecule has 1 amide bonds. The molecule has 0 radical (unpaired) electrons. The SMILES string of the molecule is COc1ccc([C@H](O)CNC(=O)CCc2nc(C(C)(C)C)no2)cc1. The van der Waals surface area contributed by atoms with E-state index in [1.165, 1.54) is 0 Å². The van der Waals surface area contributed by atoms with E-state index in [9.17, 15) is 9.90 Å². The first-order valence-electron chi connectivity index (χ1n) is 8.21. The van der Waals surface area contributed by atoms with Gasteiger partial charge in [-0.15, -0.1) is 0 Å². The number of hydrogen-bond donors (Lipinski definition) is 2. The summed E-state index contributed by atoms with van der Waals surface area (Å²) in [5.74, 6) is 1.60. The molecule has 1 aromatic carbocycles. The zero-order chi connectivity index (χ0) is 18.4. The van der Waals surface area contributed by atoms with E-state index in [-0.39, 0.29) is 24.3 Å². The summed E-state index contributed by atoms with van der Waals surface area (Å²) < 4.78 is 10.2. The lowest BCUT2D eigenvalue weighted by Gasteiger charge is -2.12. The van der Waals surface area contributed by atoms with Crippen molar-refractivity contribution in [1.82, 2.24) is 15.5 Å². The molecule has 2 aromatic rings. The zero-order valence-electron chi connectivity index (χ0n) is 15.1. The third kappa shape index (κ3) is 5.56. The maximum absolute atomic E-state index is 11.9. The van der Waals surface area contributed by atoms with Gasteiger partial charge >= 0.3 is 0 Å². The number of ether oxygens (including phenoxy) is 1. The normalized spacial score (nSPS) is 12.7. The minimum Gasteiger partial charge on any atom is -0.497 e. The number of aliphatic hydroxyl groups excluding tert-OH is 1. The van der Waals surface area contributed by atoms with Gasteiger partial charge in [-0.3, -0.25) is 4.79 Å². The number of benzene rings is 1. The highest BCUT2D eigenvalue weighted by atomic mass is 16.5. The highest BCUT2D eigenvalue weighted by Crippen LogP contribution is 2.19. The van der Waals surface area contributed by atoms with Gasteiger partial charge in [0.15, 0.2) is 5.82 Å². The van der Waals surface area contributed by atoms with Gasteiger partial charge in [0.1, 0.15) is 5.75 Å². The lowest BCUT2D eigenvalue weighted by molar-refractivity contribution is -0.121. The van der Waals surface area contributed by atoms with E-state index in [1.54, 1.807) is 31.4 Å². The highest BCUT2D eigenvalue weighted by Gasteiger charge is 2.21. The Labute approximate surface area is 147 Å². The Bertz CT molecular complexity index is 689. The lowest BCUT2D eigenvalue weighted by Crippen LogP contribution is -2.28. The van der Waals surface area contributed by atoms with E-state index in [0.717, 1.165) is 0 Å². The number of nitrogens with zero attached hydrogens (tertiary/aromatic N) is 2. The lowest BCUT2D eigenvalue weighted by atomic mass is 9.96. The Hall–Kier alpha value is -2.41. The first-order chi connectivity index (χ1) is 11.8. The second-order valence-corrected chi connectivity index (χ2v) is 6.85. The molecule has 1 aromatic heterocycles. The number of aryl methyl sites for hydroxylation is 1. The van der Waals surface area contributed by atoms with Gasteiger partial charge < -0.3 is 19.7 Å². The van der Waals surface area contributed by atoms with Gasteiger partial charge in [-0.25, -0.2) is 0 Å². The Morgan fingerprint density at radius 2 is 2.00 bits per heavy atom. The van der Waals surface area contributed by atoms with Crippen molar-refractivity contribution < 1.29 is 19.2 Å². The second-order valence-electron chi connectivity index (χ2n) is 6.85. The smallest absolute Gasteiger partial charge is 0.227 e. The molecule has 0 unspecified atom stereocenters. The minimum atomic E-state index is -0.772. The second kappa shape index (κ2) is 8.11. The molecule has 1 atom stereocenters. The number of aromatic nitrogens is 2. The summed E-state index contributed by atoms with van der Waals surface area (Å²) in [7, 11) is 1.58. The van der Waals surface area contributed by atoms with Crippen molar-refractivity contribution in [3.63, 3.8) is 0 Å². The predicted molar refractivity (Wildman–Crippen MR) is 92.3 cm³/mol. The van der Waals surface area contributed by atoms with Crippen LogP contribution in [0.3, 0.4) is 0 Å². The van der Waals surface area contributed by atoms with Gasteiger partial charge in [0, 0.05) is 24.8 Å². The molecule has 0 saturated carbocycles. The molecule has 0 fully saturated rings. The van der Waals surface area contributed by atoms with Crippen molar-refractivity contribution >= 4 is 5.91 Å². The maximum Gasteiger partial charge on any atom is 0.227 e. The van der Waals surface area contributed by atoms with Crippen molar-refractivity contribution in [2.45, 2.75) is 45.1 Å². The molecule has 136 valence electrons. The Morgan fingerprint density at radius 1 is 1.32 bits per heavy atom. The zero-order valence-corrected chi connectivity index (χ0v) is 15.1. The standard InChI is InChI=1S/C18H25N3O4/c1-18(2,3)17-20-16(25-21-17)10-9-15(23)19-11-14(22)12-5-7-13(24-4)8-6-12/h5-8,14,22H,9-11H2,1-4H3,(H,19,23)/t14-/m1/s1. The molecule has 0 aliphatic heterocycles. The summed E-state index contributed by atoms with van der Waals surface area (Å²) in [5.41, 5.74) is 0.528. The molecule has 25 heavy (non-hydrogen) atoms. The largest absolute Gasteiger partial charge is 0.497 e. The topological polar surface area (TPSA) is 97.5 Å². The maximum atomic E-state index is 11.9. The predicted octanol–water partition coefficient (Wildman–Crippen LogP) is 2.16. The van der Waals surface area contributed by atoms with E-state index in [0.29, 0.717) is 29.4 Å². The summed E-state index contributed by atoms with van der Waals surface area (Å²) in [6, 6.07) is 7.07. The number of rotatable bonds is 7. The van der Waals surface area contributed by atoms with Crippen LogP contribution in [0, 0.1) is 0 Å². The number of nitrogens with one attached hydrogen (secondary N) is 1. The van der Waals surface area contributed by atoms with Crippen LogP contribution in [0.4, 0.5) is 0 Å². The molecule has 7 heteroatoms. The fourth-order valence-corrected chi connectivity index (χ4v) is 2.12. The number of hydrogen-bond acceptors (Lipinski definition) is 6. The van der Waals surface area contributed by atoms with Crippen molar-refractivity contribution in [2.75, 3.05) is 13.7 Å². The average Bonchev–Trinajstić information content (AvgIpc) is 3.07. The molecule has 0 bridgehead atoms. The van der Waals surface area contributed by atoms with Gasteiger partial charge in [-0.1, -0.05) is 38.1 Å². The van der Waals surface area contributed by atoms with Crippen LogP contribution in [0.1, 0.15) is 50.6 Å². The Balaban J connectivity index is 1.77. The van der Waals surface area contributed by atoms with E-state index in [4.69, 9.17) is 9.26 Å². The van der Waals surface area contributed by atoms with Crippen molar-refractivity contribution in [3.8, 4) is 5.75 Å². The molecule has 1 heterocycles. The van der Waals surface area contributed by atoms with Gasteiger partial charge in [-0.2, -0.15) is 4.98 Å². The molecule has 7 nitrogen and oxygen atoms in total. The quantitative estimate of drug-likeness (QED) is 0.796. The van der Waals surface area contributed by atoms with E-state index < -0.39 is 6.10 Å². The number of methoxy groups -OCH3 is 1. The first kappa shape index (κ1) is 18.9. The van der Waals surface area contributed by atoms with Crippen LogP contribution in [0.5, 0.6) is 5.75 Å². The Kier molecular flexibility index (Phi) is 6.14. The highest BCUT2D eigenvalue weighted by molar-refractivity contribution is 5.76. The molecule has 0 aliphatic rings. The van der Waals surface area contributed by atoms with E-state index in [1.807, 2.05) is 20.8 Å². The van der Waals surface area contributed by atoms with Crippen LogP contribution in [0.2, 0.25) is 0 Å². The van der Waals surface area contributed by atoms with Crippen molar-refractivity contribution in [2.24, 2.45) is 0 Å². The number of amides is 1. The molecule has 0 aliphatic carbocycles.